The number of aliphatic hydroxyl groups excluding tert-OH is 1. The fourth-order valence-corrected chi connectivity index (χ4v) is 3.21. The van der Waals surface area contributed by atoms with E-state index in [1.165, 1.54) is 0 Å². The lowest BCUT2D eigenvalue weighted by Crippen LogP contribution is -2.38. The Hall–Kier alpha value is -1.09. The molecule has 1 aromatic rings. The lowest BCUT2D eigenvalue weighted by Gasteiger charge is -2.17. The summed E-state index contributed by atoms with van der Waals surface area (Å²) in [5.41, 5.74) is 1.07. The Morgan fingerprint density at radius 3 is 2.61 bits per heavy atom. The Morgan fingerprint density at radius 1 is 1.25 bits per heavy atom. The summed E-state index contributed by atoms with van der Waals surface area (Å²) in [6, 6.07) is 5.38. The summed E-state index contributed by atoms with van der Waals surface area (Å²) in [6.45, 7) is 11.8. The lowest BCUT2D eigenvalue weighted by molar-refractivity contribution is 0.245. The van der Waals surface area contributed by atoms with E-state index in [1.807, 2.05) is 17.6 Å². The van der Waals surface area contributed by atoms with Crippen LogP contribution in [0.1, 0.15) is 52.1 Å². The molecule has 0 saturated heterocycles. The topological polar surface area (TPSA) is 78.7 Å². The summed E-state index contributed by atoms with van der Waals surface area (Å²) in [4.78, 5) is 16.6. The highest BCUT2D eigenvalue weighted by atomic mass is 127. The fraction of sp³-hybridized carbons (Fsp3) is 0.714. The van der Waals surface area contributed by atoms with Crippen LogP contribution in [0.4, 0.5) is 0 Å². The number of rotatable bonds is 12. The summed E-state index contributed by atoms with van der Waals surface area (Å²) in [5, 5.41) is 15.9. The molecule has 1 heterocycles. The van der Waals surface area contributed by atoms with Crippen molar-refractivity contribution in [1.82, 2.24) is 15.2 Å². The molecular formula is C21H39IN4O2. The number of nitrogens with zero attached hydrogens (tertiary/aromatic N) is 2. The molecule has 28 heavy (non-hydrogen) atoms. The lowest BCUT2D eigenvalue weighted by atomic mass is 9.94. The molecule has 6 nitrogen and oxygen atoms in total. The maximum Gasteiger partial charge on any atom is 0.250 e. The summed E-state index contributed by atoms with van der Waals surface area (Å²) in [7, 11) is 0. The molecule has 162 valence electrons. The maximum absolute atomic E-state index is 11.9. The fourth-order valence-electron chi connectivity index (χ4n) is 3.21. The normalized spacial score (nSPS) is 12.6. The third kappa shape index (κ3) is 11.0. The first-order valence-corrected chi connectivity index (χ1v) is 10.3. The highest BCUT2D eigenvalue weighted by molar-refractivity contribution is 14.0. The van der Waals surface area contributed by atoms with E-state index in [0.717, 1.165) is 63.5 Å². The Balaban J connectivity index is 0.00000729. The minimum atomic E-state index is 0. The summed E-state index contributed by atoms with van der Waals surface area (Å²) >= 11 is 0. The number of aromatic nitrogens is 1. The first-order valence-electron chi connectivity index (χ1n) is 10.3. The highest BCUT2D eigenvalue weighted by Gasteiger charge is 2.10. The Morgan fingerprint density at radius 2 is 2.00 bits per heavy atom. The van der Waals surface area contributed by atoms with Crippen LogP contribution < -0.4 is 16.2 Å². The van der Waals surface area contributed by atoms with Crippen LogP contribution in [0.15, 0.2) is 28.0 Å². The number of guanidine groups is 1. The molecule has 1 aromatic heterocycles. The number of aliphatic imine (C=N–C) groups is 1. The van der Waals surface area contributed by atoms with Crippen molar-refractivity contribution < 1.29 is 5.11 Å². The van der Waals surface area contributed by atoms with Gasteiger partial charge in [0, 0.05) is 44.5 Å². The number of hydrogen-bond donors (Lipinski definition) is 3. The SMILES string of the molecule is CCNC(=NCC(CCO)CC(C)C)NCCCCn1c(C)cccc1=O.I. The van der Waals surface area contributed by atoms with Gasteiger partial charge >= 0.3 is 0 Å². The molecule has 0 aromatic carbocycles. The van der Waals surface area contributed by atoms with Gasteiger partial charge in [0.05, 0.1) is 0 Å². The number of nitrogens with one attached hydrogen (secondary N) is 2. The number of aryl methyl sites for hydroxylation is 1. The third-order valence-electron chi connectivity index (χ3n) is 4.56. The number of hydrogen-bond acceptors (Lipinski definition) is 3. The molecular weight excluding hydrogens is 467 g/mol. The van der Waals surface area contributed by atoms with Gasteiger partial charge in [-0.15, -0.1) is 24.0 Å². The van der Waals surface area contributed by atoms with Crippen LogP contribution in [0.5, 0.6) is 0 Å². The van der Waals surface area contributed by atoms with Crippen molar-refractivity contribution in [2.24, 2.45) is 16.8 Å². The van der Waals surface area contributed by atoms with E-state index in [9.17, 15) is 9.90 Å². The third-order valence-corrected chi connectivity index (χ3v) is 4.56. The van der Waals surface area contributed by atoms with Crippen LogP contribution in [0.3, 0.4) is 0 Å². The summed E-state index contributed by atoms with van der Waals surface area (Å²) in [6.07, 6.45) is 3.79. The van der Waals surface area contributed by atoms with Gasteiger partial charge < -0.3 is 20.3 Å². The minimum absolute atomic E-state index is 0. The standard InChI is InChI=1S/C21H38N4O2.HI/c1-5-22-21(24-16-19(11-14-26)15-17(2)3)23-12-6-7-13-25-18(4)9-8-10-20(25)27;/h8-10,17,19,26H,5-7,11-16H2,1-4H3,(H2,22,23,24);1H. The Labute approximate surface area is 187 Å². The average molecular weight is 506 g/mol. The molecule has 1 unspecified atom stereocenters. The van der Waals surface area contributed by atoms with Gasteiger partial charge in [0.1, 0.15) is 0 Å². The number of pyridine rings is 1. The molecule has 0 radical (unpaired) electrons. The van der Waals surface area contributed by atoms with Crippen molar-refractivity contribution in [3.8, 4) is 0 Å². The highest BCUT2D eigenvalue weighted by Crippen LogP contribution is 2.15. The molecule has 0 spiro atoms. The molecule has 0 aliphatic rings. The predicted octanol–water partition coefficient (Wildman–Crippen LogP) is 3.15. The molecule has 0 saturated carbocycles. The zero-order chi connectivity index (χ0) is 20.1. The minimum Gasteiger partial charge on any atom is -0.396 e. The van der Waals surface area contributed by atoms with Crippen LogP contribution >= 0.6 is 24.0 Å². The molecule has 0 aliphatic heterocycles. The average Bonchev–Trinajstić information content (AvgIpc) is 2.61. The van der Waals surface area contributed by atoms with Gasteiger partial charge in [0.2, 0.25) is 0 Å². The van der Waals surface area contributed by atoms with Gasteiger partial charge in [-0.25, -0.2) is 0 Å². The number of aliphatic hydroxyl groups is 1. The smallest absolute Gasteiger partial charge is 0.250 e. The zero-order valence-electron chi connectivity index (χ0n) is 17.9. The van der Waals surface area contributed by atoms with Crippen LogP contribution in [0.2, 0.25) is 0 Å². The van der Waals surface area contributed by atoms with E-state index in [4.69, 9.17) is 4.99 Å². The number of halogens is 1. The van der Waals surface area contributed by atoms with E-state index >= 15 is 0 Å². The molecule has 0 bridgehead atoms. The Bertz CT molecular complexity index is 617. The molecule has 3 N–H and O–H groups in total. The van der Waals surface area contributed by atoms with Crippen molar-refractivity contribution in [2.45, 2.75) is 59.9 Å². The van der Waals surface area contributed by atoms with E-state index in [2.05, 4.69) is 31.4 Å². The van der Waals surface area contributed by atoms with Gasteiger partial charge in [0.15, 0.2) is 5.96 Å². The van der Waals surface area contributed by atoms with Crippen LogP contribution in [0.25, 0.3) is 0 Å². The molecule has 7 heteroatoms. The van der Waals surface area contributed by atoms with E-state index in [-0.39, 0.29) is 36.1 Å². The van der Waals surface area contributed by atoms with Crippen molar-refractivity contribution in [3.05, 3.63) is 34.2 Å². The second kappa shape index (κ2) is 15.8. The van der Waals surface area contributed by atoms with Gasteiger partial charge in [-0.05, 0) is 57.4 Å². The molecule has 0 amide bonds. The van der Waals surface area contributed by atoms with Gasteiger partial charge in [-0.3, -0.25) is 9.79 Å². The maximum atomic E-state index is 11.9. The van der Waals surface area contributed by atoms with Gasteiger partial charge in [0.25, 0.3) is 5.56 Å². The monoisotopic (exact) mass is 506 g/mol. The molecule has 1 rings (SSSR count). The number of unbranched alkanes of at least 4 members (excludes halogenated alkanes) is 1. The van der Waals surface area contributed by atoms with Crippen LogP contribution in [-0.2, 0) is 6.54 Å². The summed E-state index contributed by atoms with van der Waals surface area (Å²) < 4.78 is 1.82. The second-order valence-corrected chi connectivity index (χ2v) is 7.52. The molecule has 0 aliphatic carbocycles. The first-order chi connectivity index (χ1) is 13.0. The first kappa shape index (κ1) is 26.9. The van der Waals surface area contributed by atoms with E-state index in [0.29, 0.717) is 11.8 Å². The Kier molecular flexibility index (Phi) is 15.2. The van der Waals surface area contributed by atoms with Crippen molar-refractivity contribution in [2.75, 3.05) is 26.2 Å². The van der Waals surface area contributed by atoms with Crippen molar-refractivity contribution >= 4 is 29.9 Å². The van der Waals surface area contributed by atoms with E-state index in [1.54, 1.807) is 12.1 Å². The van der Waals surface area contributed by atoms with Crippen molar-refractivity contribution in [1.29, 1.82) is 0 Å². The largest absolute Gasteiger partial charge is 0.396 e. The van der Waals surface area contributed by atoms with Crippen LogP contribution in [-0.4, -0.2) is 41.9 Å². The molecule has 0 fully saturated rings. The van der Waals surface area contributed by atoms with Gasteiger partial charge in [-0.2, -0.15) is 0 Å². The zero-order valence-corrected chi connectivity index (χ0v) is 20.2. The van der Waals surface area contributed by atoms with E-state index < -0.39 is 0 Å². The quantitative estimate of drug-likeness (QED) is 0.176. The van der Waals surface area contributed by atoms with Crippen LogP contribution in [0, 0.1) is 18.8 Å². The van der Waals surface area contributed by atoms with Crippen molar-refractivity contribution in [3.63, 3.8) is 0 Å². The second-order valence-electron chi connectivity index (χ2n) is 7.52. The summed E-state index contributed by atoms with van der Waals surface area (Å²) in [5.74, 6) is 1.85. The predicted molar refractivity (Wildman–Crippen MR) is 129 cm³/mol. The van der Waals surface area contributed by atoms with Gasteiger partial charge in [-0.1, -0.05) is 19.9 Å². The molecule has 1 atom stereocenters.